The summed E-state index contributed by atoms with van der Waals surface area (Å²) in [4.78, 5) is 12.0. The van der Waals surface area contributed by atoms with Crippen molar-refractivity contribution >= 4 is 13.3 Å². The molecule has 2 rings (SSSR count). The van der Waals surface area contributed by atoms with E-state index in [0.29, 0.717) is 0 Å². The molecule has 0 N–H and O–H groups in total. The fourth-order valence-corrected chi connectivity index (χ4v) is 2.04. The molecule has 0 aromatic heterocycles. The van der Waals surface area contributed by atoms with Crippen LogP contribution in [0.4, 0.5) is 0 Å². The lowest BCUT2D eigenvalue weighted by Crippen LogP contribution is -2.41. The van der Waals surface area contributed by atoms with E-state index in [0.717, 1.165) is 19.3 Å². The third-order valence-corrected chi connectivity index (χ3v) is 4.05. The third-order valence-electron chi connectivity index (χ3n) is 4.05. The van der Waals surface area contributed by atoms with Gasteiger partial charge in [-0.2, -0.15) is 0 Å². The standard InChI is InChI=1S/C13H21BO4/c1-12(2)13(3,4)18-14(17-12)16-11(15)10-8-6-5-7-9-10/h5-6,10H,7-9H2,1-4H3. The molecule has 1 atom stereocenters. The number of allylic oxidation sites excluding steroid dienone is 2. The SMILES string of the molecule is CC1(C)OB(OC(=O)C2CC=CCC2)OC1(C)C. The molecule has 1 heterocycles. The lowest BCUT2D eigenvalue weighted by atomic mass is 9.90. The number of rotatable bonds is 2. The van der Waals surface area contributed by atoms with Crippen LogP contribution in [0.2, 0.25) is 0 Å². The van der Waals surface area contributed by atoms with Crippen molar-refractivity contribution in [1.29, 1.82) is 0 Å². The Balaban J connectivity index is 1.91. The molecule has 1 aliphatic heterocycles. The van der Waals surface area contributed by atoms with E-state index in [1.807, 2.05) is 33.8 Å². The highest BCUT2D eigenvalue weighted by atomic mass is 16.8. The predicted molar refractivity (Wildman–Crippen MR) is 68.7 cm³/mol. The van der Waals surface area contributed by atoms with E-state index in [4.69, 9.17) is 14.0 Å². The number of carbonyl (C=O) groups is 1. The van der Waals surface area contributed by atoms with Crippen LogP contribution < -0.4 is 0 Å². The van der Waals surface area contributed by atoms with Crippen molar-refractivity contribution in [1.82, 2.24) is 0 Å². The summed E-state index contributed by atoms with van der Waals surface area (Å²) in [6.07, 6.45) is 6.65. The molecule has 18 heavy (non-hydrogen) atoms. The minimum atomic E-state index is -0.881. The van der Waals surface area contributed by atoms with Gasteiger partial charge in [-0.15, -0.1) is 0 Å². The smallest absolute Gasteiger partial charge is 0.485 e. The summed E-state index contributed by atoms with van der Waals surface area (Å²) in [5.41, 5.74) is -0.936. The molecule has 0 aromatic rings. The third kappa shape index (κ3) is 2.62. The van der Waals surface area contributed by atoms with Crippen LogP contribution in [0.5, 0.6) is 0 Å². The summed E-state index contributed by atoms with van der Waals surface area (Å²) < 4.78 is 16.6. The second-order valence-corrected chi connectivity index (χ2v) is 5.96. The molecule has 0 spiro atoms. The maximum atomic E-state index is 12.0. The molecule has 1 aliphatic carbocycles. The van der Waals surface area contributed by atoms with E-state index in [1.54, 1.807) is 0 Å². The maximum Gasteiger partial charge on any atom is 0.716 e. The van der Waals surface area contributed by atoms with Crippen molar-refractivity contribution in [3.63, 3.8) is 0 Å². The Hall–Kier alpha value is -0.805. The van der Waals surface area contributed by atoms with E-state index >= 15 is 0 Å². The van der Waals surface area contributed by atoms with Crippen molar-refractivity contribution in [2.24, 2.45) is 5.92 Å². The zero-order valence-corrected chi connectivity index (χ0v) is 11.6. The number of carbonyl (C=O) groups excluding carboxylic acids is 1. The lowest BCUT2D eigenvalue weighted by Gasteiger charge is -2.31. The summed E-state index contributed by atoms with van der Waals surface area (Å²) in [5, 5.41) is 0. The normalized spacial score (nSPS) is 29.3. The Morgan fingerprint density at radius 1 is 1.22 bits per heavy atom. The number of hydrogen-bond acceptors (Lipinski definition) is 4. The van der Waals surface area contributed by atoms with Crippen LogP contribution in [-0.4, -0.2) is 24.5 Å². The van der Waals surface area contributed by atoms with Gasteiger partial charge in [0.05, 0.1) is 17.1 Å². The molecule has 5 heteroatoms. The van der Waals surface area contributed by atoms with Crippen molar-refractivity contribution in [3.8, 4) is 0 Å². The van der Waals surface area contributed by atoms with Gasteiger partial charge in [-0.3, -0.25) is 4.79 Å². The zero-order chi connectivity index (χ0) is 13.4. The fourth-order valence-electron chi connectivity index (χ4n) is 2.04. The van der Waals surface area contributed by atoms with E-state index in [9.17, 15) is 4.79 Å². The Labute approximate surface area is 109 Å². The van der Waals surface area contributed by atoms with Crippen molar-refractivity contribution in [3.05, 3.63) is 12.2 Å². The average molecular weight is 252 g/mol. The Morgan fingerprint density at radius 2 is 1.83 bits per heavy atom. The van der Waals surface area contributed by atoms with Crippen LogP contribution in [0, 0.1) is 5.92 Å². The monoisotopic (exact) mass is 252 g/mol. The van der Waals surface area contributed by atoms with Gasteiger partial charge in [0.15, 0.2) is 0 Å². The number of hydrogen-bond donors (Lipinski definition) is 0. The second kappa shape index (κ2) is 4.70. The molecule has 0 radical (unpaired) electrons. The Kier molecular flexibility index (Phi) is 3.56. The van der Waals surface area contributed by atoms with Crippen LogP contribution in [0.3, 0.4) is 0 Å². The van der Waals surface area contributed by atoms with Gasteiger partial charge in [-0.1, -0.05) is 12.2 Å². The van der Waals surface area contributed by atoms with Crippen molar-refractivity contribution < 1.29 is 18.8 Å². The summed E-state index contributed by atoms with van der Waals surface area (Å²) >= 11 is 0. The lowest BCUT2D eigenvalue weighted by molar-refractivity contribution is -0.142. The summed E-state index contributed by atoms with van der Waals surface area (Å²) in [5.74, 6) is -0.285. The molecule has 100 valence electrons. The molecule has 0 bridgehead atoms. The van der Waals surface area contributed by atoms with Crippen LogP contribution >= 0.6 is 0 Å². The first-order chi connectivity index (χ1) is 8.32. The van der Waals surface area contributed by atoms with E-state index < -0.39 is 18.5 Å². The van der Waals surface area contributed by atoms with E-state index in [1.165, 1.54) is 0 Å². The first kappa shape index (κ1) is 13.6. The van der Waals surface area contributed by atoms with Crippen LogP contribution in [0.1, 0.15) is 47.0 Å². The maximum absolute atomic E-state index is 12.0. The van der Waals surface area contributed by atoms with Gasteiger partial charge in [0.1, 0.15) is 0 Å². The largest absolute Gasteiger partial charge is 0.716 e. The quantitative estimate of drug-likeness (QED) is 0.559. The molecule has 0 aromatic carbocycles. The van der Waals surface area contributed by atoms with Gasteiger partial charge >= 0.3 is 7.32 Å². The molecule has 1 fully saturated rings. The van der Waals surface area contributed by atoms with Crippen molar-refractivity contribution in [2.45, 2.75) is 58.2 Å². The molecular weight excluding hydrogens is 231 g/mol. The van der Waals surface area contributed by atoms with Crippen LogP contribution in [0.15, 0.2) is 12.2 Å². The minimum Gasteiger partial charge on any atom is -0.485 e. The Bertz CT molecular complexity index is 346. The summed E-state index contributed by atoms with van der Waals surface area (Å²) in [7, 11) is -0.881. The summed E-state index contributed by atoms with van der Waals surface area (Å²) in [6, 6.07) is 0. The highest BCUT2D eigenvalue weighted by molar-refractivity contribution is 6.40. The fraction of sp³-hybridized carbons (Fsp3) is 0.769. The first-order valence-electron chi connectivity index (χ1n) is 6.53. The zero-order valence-electron chi connectivity index (χ0n) is 11.6. The molecular formula is C13H21BO4. The van der Waals surface area contributed by atoms with Crippen LogP contribution in [0.25, 0.3) is 0 Å². The predicted octanol–water partition coefficient (Wildman–Crippen LogP) is 2.47. The van der Waals surface area contributed by atoms with Crippen LogP contribution in [-0.2, 0) is 18.8 Å². The first-order valence-corrected chi connectivity index (χ1v) is 6.53. The molecule has 2 aliphatic rings. The van der Waals surface area contributed by atoms with E-state index in [2.05, 4.69) is 6.08 Å². The second-order valence-electron chi connectivity index (χ2n) is 5.96. The average Bonchev–Trinajstić information content (AvgIpc) is 2.48. The molecule has 0 saturated carbocycles. The van der Waals surface area contributed by atoms with Gasteiger partial charge in [0.25, 0.3) is 5.97 Å². The summed E-state index contributed by atoms with van der Waals surface area (Å²) in [6.45, 7) is 7.74. The molecule has 1 saturated heterocycles. The molecule has 0 amide bonds. The van der Waals surface area contributed by atoms with Gasteiger partial charge in [-0.25, -0.2) is 0 Å². The topological polar surface area (TPSA) is 44.8 Å². The molecule has 4 nitrogen and oxygen atoms in total. The van der Waals surface area contributed by atoms with Crippen molar-refractivity contribution in [2.75, 3.05) is 0 Å². The van der Waals surface area contributed by atoms with Gasteiger partial charge in [0, 0.05) is 0 Å². The van der Waals surface area contributed by atoms with Gasteiger partial charge < -0.3 is 14.0 Å². The van der Waals surface area contributed by atoms with Gasteiger partial charge in [-0.05, 0) is 47.0 Å². The highest BCUT2D eigenvalue weighted by Gasteiger charge is 2.55. The highest BCUT2D eigenvalue weighted by Crippen LogP contribution is 2.37. The minimum absolute atomic E-state index is 0.0611. The Morgan fingerprint density at radius 3 is 2.33 bits per heavy atom. The molecule has 1 unspecified atom stereocenters. The van der Waals surface area contributed by atoms with Gasteiger partial charge in [0.2, 0.25) is 0 Å². The van der Waals surface area contributed by atoms with E-state index in [-0.39, 0.29) is 11.9 Å².